The summed E-state index contributed by atoms with van der Waals surface area (Å²) in [6, 6.07) is 14.0. The molecule has 1 fully saturated rings. The van der Waals surface area contributed by atoms with Crippen LogP contribution in [0.25, 0.3) is 10.8 Å². The van der Waals surface area contributed by atoms with E-state index >= 15 is 0 Å². The number of Topliss-reactive ketones (excluding diaryl/α,β-unsaturated/α-hetero) is 1. The first-order valence-electron chi connectivity index (χ1n) is 14.4. The molecule has 1 heterocycles. The fourth-order valence-electron chi connectivity index (χ4n) is 4.80. The van der Waals surface area contributed by atoms with E-state index in [9.17, 15) is 18.0 Å². The second kappa shape index (κ2) is 13.3. The Balaban J connectivity index is 1.64. The normalized spacial score (nSPS) is 14.5. The summed E-state index contributed by atoms with van der Waals surface area (Å²) < 4.78 is 44.4. The number of ketones is 1. The molecule has 1 aliphatic heterocycles. The highest BCUT2D eigenvalue weighted by atomic mass is 32.2. The number of anilines is 2. The third-order valence-corrected chi connectivity index (χ3v) is 7.55. The van der Waals surface area contributed by atoms with Gasteiger partial charge in [0.2, 0.25) is 10.0 Å². The van der Waals surface area contributed by atoms with Crippen molar-refractivity contribution in [3.8, 4) is 11.5 Å². The molecule has 43 heavy (non-hydrogen) atoms. The lowest BCUT2D eigenvalue weighted by atomic mass is 9.86. The average Bonchev–Trinajstić information content (AvgIpc) is 2.93. The molecule has 1 aliphatic rings. The lowest BCUT2D eigenvalue weighted by molar-refractivity contribution is -0.112. The van der Waals surface area contributed by atoms with Crippen LogP contribution in [0.5, 0.6) is 11.5 Å². The van der Waals surface area contributed by atoms with E-state index in [0.29, 0.717) is 31.0 Å². The van der Waals surface area contributed by atoms with Gasteiger partial charge in [-0.3, -0.25) is 19.2 Å². The predicted octanol–water partition coefficient (Wildman–Crippen LogP) is 4.83. The minimum absolute atomic E-state index is 0.128. The second-order valence-corrected chi connectivity index (χ2v) is 13.7. The zero-order valence-corrected chi connectivity index (χ0v) is 26.5. The topological polar surface area (TPSA) is 123 Å². The van der Waals surface area contributed by atoms with E-state index in [1.54, 1.807) is 50.2 Å². The van der Waals surface area contributed by atoms with Crippen molar-refractivity contribution in [2.45, 2.75) is 46.1 Å². The number of morpholine rings is 1. The van der Waals surface area contributed by atoms with Gasteiger partial charge in [0.05, 0.1) is 36.9 Å². The van der Waals surface area contributed by atoms with Crippen LogP contribution in [0.4, 0.5) is 11.4 Å². The number of carbonyl (C=O) groups excluding carboxylic acids is 2. The Bertz CT molecular complexity index is 1590. The molecular formula is C32H41N3O7S. The Morgan fingerprint density at radius 1 is 1.00 bits per heavy atom. The Kier molecular flexibility index (Phi) is 9.99. The SMILES string of the molecule is CC(C)Oc1c(NC(=O)C(=O)c2ccc(OCCN3CCOCC3)c3ccccc23)cc(C(C)(C)C)cc1NS(C)(=O)=O. The summed E-state index contributed by atoms with van der Waals surface area (Å²) in [4.78, 5) is 29.4. The summed E-state index contributed by atoms with van der Waals surface area (Å²) in [6.45, 7) is 13.8. The first kappa shape index (κ1) is 32.2. The fourth-order valence-corrected chi connectivity index (χ4v) is 5.35. The molecule has 2 N–H and O–H groups in total. The van der Waals surface area contributed by atoms with E-state index in [4.69, 9.17) is 14.2 Å². The molecule has 3 aromatic rings. The van der Waals surface area contributed by atoms with Gasteiger partial charge in [-0.25, -0.2) is 8.42 Å². The van der Waals surface area contributed by atoms with E-state index in [0.717, 1.165) is 36.8 Å². The van der Waals surface area contributed by atoms with E-state index < -0.39 is 27.1 Å². The number of sulfonamides is 1. The monoisotopic (exact) mass is 611 g/mol. The van der Waals surface area contributed by atoms with Crippen LogP contribution in [-0.2, 0) is 25.0 Å². The summed E-state index contributed by atoms with van der Waals surface area (Å²) in [5.74, 6) is -0.868. The molecular weight excluding hydrogens is 570 g/mol. The minimum Gasteiger partial charge on any atom is -0.492 e. The van der Waals surface area contributed by atoms with Crippen molar-refractivity contribution in [3.63, 3.8) is 0 Å². The van der Waals surface area contributed by atoms with Crippen molar-refractivity contribution < 1.29 is 32.2 Å². The van der Waals surface area contributed by atoms with Crippen molar-refractivity contribution in [1.82, 2.24) is 4.90 Å². The van der Waals surface area contributed by atoms with Crippen molar-refractivity contribution in [3.05, 3.63) is 59.7 Å². The van der Waals surface area contributed by atoms with Crippen LogP contribution in [0.15, 0.2) is 48.5 Å². The number of hydrogen-bond donors (Lipinski definition) is 2. The first-order valence-corrected chi connectivity index (χ1v) is 16.3. The molecule has 0 radical (unpaired) electrons. The van der Waals surface area contributed by atoms with Gasteiger partial charge in [0.25, 0.3) is 11.7 Å². The summed E-state index contributed by atoms with van der Waals surface area (Å²) in [5, 5.41) is 4.02. The number of nitrogens with zero attached hydrogens (tertiary/aromatic N) is 1. The summed E-state index contributed by atoms with van der Waals surface area (Å²) in [7, 11) is -3.67. The molecule has 0 atom stereocenters. The quantitative estimate of drug-likeness (QED) is 0.234. The Morgan fingerprint density at radius 3 is 2.28 bits per heavy atom. The van der Waals surface area contributed by atoms with Crippen molar-refractivity contribution in [2.75, 3.05) is 55.7 Å². The van der Waals surface area contributed by atoms with Gasteiger partial charge >= 0.3 is 0 Å². The zero-order valence-electron chi connectivity index (χ0n) is 25.7. The van der Waals surface area contributed by atoms with Gasteiger partial charge < -0.3 is 19.5 Å². The number of benzene rings is 3. The van der Waals surface area contributed by atoms with Gasteiger partial charge in [-0.15, -0.1) is 0 Å². The largest absolute Gasteiger partial charge is 0.492 e. The maximum Gasteiger partial charge on any atom is 0.296 e. The molecule has 0 bridgehead atoms. The highest BCUT2D eigenvalue weighted by molar-refractivity contribution is 7.92. The van der Waals surface area contributed by atoms with Crippen LogP contribution in [0.2, 0.25) is 0 Å². The lowest BCUT2D eigenvalue weighted by Gasteiger charge is -2.26. The summed E-state index contributed by atoms with van der Waals surface area (Å²) in [6.07, 6.45) is 0.699. The molecule has 3 aromatic carbocycles. The van der Waals surface area contributed by atoms with Crippen LogP contribution in [0, 0.1) is 0 Å². The Labute approximate surface area is 253 Å². The molecule has 1 saturated heterocycles. The molecule has 0 aliphatic carbocycles. The van der Waals surface area contributed by atoms with E-state index in [-0.39, 0.29) is 28.8 Å². The van der Waals surface area contributed by atoms with Crippen LogP contribution in [0.3, 0.4) is 0 Å². The number of carbonyl (C=O) groups is 2. The maximum absolute atomic E-state index is 13.6. The van der Waals surface area contributed by atoms with E-state index in [1.807, 2.05) is 32.9 Å². The predicted molar refractivity (Wildman–Crippen MR) is 169 cm³/mol. The fraction of sp³-hybridized carbons (Fsp3) is 0.438. The number of nitrogens with one attached hydrogen (secondary N) is 2. The maximum atomic E-state index is 13.6. The van der Waals surface area contributed by atoms with Gasteiger partial charge in [0.15, 0.2) is 5.75 Å². The molecule has 232 valence electrons. The third-order valence-electron chi connectivity index (χ3n) is 6.96. The molecule has 10 nitrogen and oxygen atoms in total. The van der Waals surface area contributed by atoms with E-state index in [2.05, 4.69) is 14.9 Å². The standard InChI is InChI=1S/C32H41N3O7S/c1-21(2)42-30-26(19-22(32(3,4)5)20-27(30)34-43(6,38)39)33-31(37)29(36)25-11-12-28(24-10-8-7-9-23(24)25)41-18-15-35-13-16-40-17-14-35/h7-12,19-21,34H,13-18H2,1-6H3,(H,33,37). The highest BCUT2D eigenvalue weighted by Crippen LogP contribution is 2.40. The Hall–Kier alpha value is -3.67. The van der Waals surface area contributed by atoms with Crippen LogP contribution < -0.4 is 19.5 Å². The zero-order chi connectivity index (χ0) is 31.4. The summed E-state index contributed by atoms with van der Waals surface area (Å²) >= 11 is 0. The molecule has 1 amide bonds. The van der Waals surface area contributed by atoms with Crippen molar-refractivity contribution in [2.24, 2.45) is 0 Å². The molecule has 0 spiro atoms. The molecule has 11 heteroatoms. The Morgan fingerprint density at radius 2 is 1.65 bits per heavy atom. The number of rotatable bonds is 11. The number of ether oxygens (including phenoxy) is 3. The minimum atomic E-state index is -3.67. The molecule has 0 unspecified atom stereocenters. The number of hydrogen-bond acceptors (Lipinski definition) is 8. The van der Waals surface area contributed by atoms with E-state index in [1.165, 1.54) is 0 Å². The summed E-state index contributed by atoms with van der Waals surface area (Å²) in [5.41, 5.74) is 0.929. The number of fused-ring (bicyclic) bond motifs is 1. The molecule has 0 saturated carbocycles. The number of amides is 1. The highest BCUT2D eigenvalue weighted by Gasteiger charge is 2.26. The molecule has 0 aromatic heterocycles. The van der Waals surface area contributed by atoms with Crippen molar-refractivity contribution >= 4 is 43.9 Å². The van der Waals surface area contributed by atoms with Gasteiger partial charge in [0, 0.05) is 30.6 Å². The van der Waals surface area contributed by atoms with Crippen molar-refractivity contribution in [1.29, 1.82) is 0 Å². The third kappa shape index (κ3) is 8.46. The van der Waals surface area contributed by atoms with Crippen LogP contribution >= 0.6 is 0 Å². The van der Waals surface area contributed by atoms with Gasteiger partial charge in [-0.2, -0.15) is 0 Å². The first-order chi connectivity index (χ1) is 20.2. The smallest absolute Gasteiger partial charge is 0.296 e. The average molecular weight is 612 g/mol. The van der Waals surface area contributed by atoms with Gasteiger partial charge in [-0.1, -0.05) is 45.0 Å². The van der Waals surface area contributed by atoms with Gasteiger partial charge in [0.1, 0.15) is 12.4 Å². The second-order valence-electron chi connectivity index (χ2n) is 11.9. The van der Waals surface area contributed by atoms with Gasteiger partial charge in [-0.05, 0) is 54.5 Å². The lowest BCUT2D eigenvalue weighted by Crippen LogP contribution is -2.38. The van der Waals surface area contributed by atoms with Crippen LogP contribution in [-0.4, -0.2) is 76.8 Å². The van der Waals surface area contributed by atoms with Crippen LogP contribution in [0.1, 0.15) is 50.5 Å². The molecule has 4 rings (SSSR count).